The molecular formula is C40H50IrNO2-. The van der Waals surface area contributed by atoms with Crippen molar-refractivity contribution in [3.8, 4) is 11.3 Å². The largest absolute Gasteiger partial charge is 0.512 e. The first-order chi connectivity index (χ1) is 20.3. The van der Waals surface area contributed by atoms with Crippen LogP contribution in [0.15, 0.2) is 60.4 Å². The number of hydrogen-bond acceptors (Lipinski definition) is 3. The Hall–Kier alpha value is -2.81. The van der Waals surface area contributed by atoms with Gasteiger partial charge in [-0.05, 0) is 60.8 Å². The molecule has 0 unspecified atom stereocenters. The number of aliphatic hydroxyl groups excluding tert-OH is 1. The van der Waals surface area contributed by atoms with Crippen LogP contribution in [0.25, 0.3) is 32.9 Å². The van der Waals surface area contributed by atoms with Gasteiger partial charge in [0.2, 0.25) is 0 Å². The molecule has 44 heavy (non-hydrogen) atoms. The van der Waals surface area contributed by atoms with Gasteiger partial charge in [0, 0.05) is 49.1 Å². The Balaban J connectivity index is 0.000000380. The second-order valence-corrected chi connectivity index (χ2v) is 14.1. The van der Waals surface area contributed by atoms with E-state index in [-0.39, 0.29) is 48.9 Å². The van der Waals surface area contributed by atoms with Crippen LogP contribution in [0.5, 0.6) is 0 Å². The van der Waals surface area contributed by atoms with Gasteiger partial charge >= 0.3 is 0 Å². The number of hydrogen-bond donors (Lipinski definition) is 1. The van der Waals surface area contributed by atoms with Crippen LogP contribution in [-0.4, -0.2) is 15.9 Å². The van der Waals surface area contributed by atoms with Crippen molar-refractivity contribution in [3.05, 3.63) is 88.7 Å². The number of nitrogens with zero attached hydrogens (tertiary/aromatic N) is 1. The molecule has 0 spiro atoms. The van der Waals surface area contributed by atoms with Gasteiger partial charge in [0.25, 0.3) is 0 Å². The van der Waals surface area contributed by atoms with Gasteiger partial charge in [-0.25, -0.2) is 0 Å². The van der Waals surface area contributed by atoms with E-state index in [1.165, 1.54) is 76.6 Å². The van der Waals surface area contributed by atoms with Crippen LogP contribution in [-0.2, 0) is 30.3 Å². The molecule has 1 radical (unpaired) electrons. The maximum absolute atomic E-state index is 11.0. The number of aliphatic hydroxyl groups is 1. The van der Waals surface area contributed by atoms with E-state index in [4.69, 9.17) is 4.98 Å². The van der Waals surface area contributed by atoms with Crippen molar-refractivity contribution in [2.24, 2.45) is 11.8 Å². The molecule has 1 heterocycles. The second kappa shape index (κ2) is 15.0. The van der Waals surface area contributed by atoms with Gasteiger partial charge in [-0.15, -0.1) is 29.1 Å². The quantitative estimate of drug-likeness (QED) is 0.125. The Labute approximate surface area is 278 Å². The number of allylic oxidation sites excluding steroid dienone is 2. The third-order valence-corrected chi connectivity index (χ3v) is 8.64. The van der Waals surface area contributed by atoms with Crippen LogP contribution in [0.2, 0.25) is 0 Å². The van der Waals surface area contributed by atoms with Gasteiger partial charge in [0.1, 0.15) is 0 Å². The molecule has 0 aliphatic heterocycles. The molecule has 0 saturated heterocycles. The molecule has 1 aromatic heterocycles. The van der Waals surface area contributed by atoms with Crippen molar-refractivity contribution < 1.29 is 30.0 Å². The summed E-state index contributed by atoms with van der Waals surface area (Å²) in [5.74, 6) is 0.797. The summed E-state index contributed by atoms with van der Waals surface area (Å²) in [6, 6.07) is 21.7. The van der Waals surface area contributed by atoms with E-state index in [2.05, 4.69) is 89.2 Å². The van der Waals surface area contributed by atoms with Gasteiger partial charge in [-0.1, -0.05) is 109 Å². The summed E-state index contributed by atoms with van der Waals surface area (Å²) >= 11 is 0. The predicted octanol–water partition coefficient (Wildman–Crippen LogP) is 11.1. The molecule has 5 rings (SSSR count). The summed E-state index contributed by atoms with van der Waals surface area (Å²) in [7, 11) is 0. The number of aryl methyl sites for hydroxylation is 2. The average Bonchev–Trinajstić information content (AvgIpc) is 2.95. The van der Waals surface area contributed by atoms with Crippen molar-refractivity contribution in [1.82, 2.24) is 4.98 Å². The first kappa shape index (κ1) is 35.7. The molecule has 4 aromatic rings. The van der Waals surface area contributed by atoms with Crippen LogP contribution in [0.4, 0.5) is 0 Å². The molecule has 3 aromatic carbocycles. The Bertz CT molecular complexity index is 1640. The number of ketones is 1. The topological polar surface area (TPSA) is 50.2 Å². The van der Waals surface area contributed by atoms with Gasteiger partial charge in [0.05, 0.1) is 11.3 Å². The molecule has 1 fully saturated rings. The molecular weight excluding hydrogens is 719 g/mol. The Morgan fingerprint density at radius 1 is 0.955 bits per heavy atom. The number of fused-ring (bicyclic) bond motifs is 2. The smallest absolute Gasteiger partial charge is 0.161 e. The third-order valence-electron chi connectivity index (χ3n) is 8.64. The number of rotatable bonds is 5. The van der Waals surface area contributed by atoms with E-state index in [1.807, 2.05) is 27.7 Å². The number of aromatic nitrogens is 1. The fourth-order valence-corrected chi connectivity index (χ4v) is 6.13. The predicted molar refractivity (Wildman–Crippen MR) is 183 cm³/mol. The van der Waals surface area contributed by atoms with Crippen molar-refractivity contribution in [3.63, 3.8) is 0 Å². The minimum Gasteiger partial charge on any atom is -0.512 e. The summed E-state index contributed by atoms with van der Waals surface area (Å²) in [6.07, 6.45) is 7.95. The maximum atomic E-state index is 11.0. The molecule has 1 aliphatic carbocycles. The number of carbonyl (C=O) groups excluding carboxylic acids is 1. The first-order valence-electron chi connectivity index (χ1n) is 16.1. The van der Waals surface area contributed by atoms with Crippen molar-refractivity contribution >= 4 is 27.5 Å². The monoisotopic (exact) mass is 769 g/mol. The van der Waals surface area contributed by atoms with E-state index in [9.17, 15) is 9.90 Å². The van der Waals surface area contributed by atoms with Crippen molar-refractivity contribution in [2.45, 2.75) is 106 Å². The fourth-order valence-electron chi connectivity index (χ4n) is 6.13. The molecule has 1 N–H and O–H groups in total. The van der Waals surface area contributed by atoms with E-state index >= 15 is 0 Å². The van der Waals surface area contributed by atoms with Crippen LogP contribution in [0.1, 0.15) is 109 Å². The molecule has 237 valence electrons. The SMILES string of the molecule is CC(C)C(=O)/C=C(\O)C(C)C.Cc1cc(C)c2c(C3CCCCC3)cc(-c3[c-]c4ccccc4c(C(C)(C)C)c3)nc2c1.[Ir]. The Morgan fingerprint density at radius 2 is 1.61 bits per heavy atom. The van der Waals surface area contributed by atoms with E-state index < -0.39 is 0 Å². The first-order valence-corrected chi connectivity index (χ1v) is 16.1. The molecule has 1 aliphatic rings. The fraction of sp³-hybridized carbons (Fsp3) is 0.450. The molecule has 3 nitrogen and oxygen atoms in total. The van der Waals surface area contributed by atoms with Crippen molar-refractivity contribution in [2.75, 3.05) is 0 Å². The van der Waals surface area contributed by atoms with E-state index in [0.29, 0.717) is 5.92 Å². The second-order valence-electron chi connectivity index (χ2n) is 14.1. The van der Waals surface area contributed by atoms with Gasteiger partial charge in [0.15, 0.2) is 5.78 Å². The summed E-state index contributed by atoms with van der Waals surface area (Å²) < 4.78 is 0. The maximum Gasteiger partial charge on any atom is 0.161 e. The number of benzene rings is 3. The molecule has 4 heteroatoms. The van der Waals surface area contributed by atoms with E-state index in [0.717, 1.165) is 16.8 Å². The Morgan fingerprint density at radius 3 is 2.23 bits per heavy atom. The molecule has 0 amide bonds. The molecule has 1 saturated carbocycles. The zero-order chi connectivity index (χ0) is 31.5. The summed E-state index contributed by atoms with van der Waals surface area (Å²) in [5, 5.41) is 13.0. The van der Waals surface area contributed by atoms with E-state index in [1.54, 1.807) is 0 Å². The summed E-state index contributed by atoms with van der Waals surface area (Å²) in [5.41, 5.74) is 8.89. The third kappa shape index (κ3) is 8.46. The van der Waals surface area contributed by atoms with Crippen LogP contribution in [0.3, 0.4) is 0 Å². The summed E-state index contributed by atoms with van der Waals surface area (Å²) in [4.78, 5) is 16.2. The average molecular weight is 769 g/mol. The Kier molecular flexibility index (Phi) is 12.1. The van der Waals surface area contributed by atoms with Crippen molar-refractivity contribution in [1.29, 1.82) is 0 Å². The van der Waals surface area contributed by atoms with Gasteiger partial charge < -0.3 is 5.11 Å². The standard InChI is InChI=1S/C31H34N.C9H16O2.Ir/c1-20-15-21(2)30-26(22-11-7-6-8-12-22)19-28(32-29(30)16-20)24-17-23-13-9-10-14-25(23)27(18-24)31(3,4)5;1-6(2)8(10)5-9(11)7(3)4;/h9-10,13-16,18-19,22H,6-8,11-12H2,1-5H3;5-7,10H,1-4H3;/q-1;;/b;8-5-;. The van der Waals surface area contributed by atoms with Crippen LogP contribution in [0, 0.1) is 31.7 Å². The van der Waals surface area contributed by atoms with Crippen LogP contribution >= 0.6 is 0 Å². The number of pyridine rings is 1. The molecule has 0 bridgehead atoms. The number of carbonyl (C=O) groups is 1. The molecule has 0 atom stereocenters. The van der Waals surface area contributed by atoms with Gasteiger partial charge in [-0.3, -0.25) is 9.78 Å². The zero-order valence-corrected chi connectivity index (χ0v) is 30.5. The minimum atomic E-state index is -0.0316. The van der Waals surface area contributed by atoms with Gasteiger partial charge in [-0.2, -0.15) is 0 Å². The minimum absolute atomic E-state index is 0. The normalized spacial score (nSPS) is 14.5. The zero-order valence-electron chi connectivity index (χ0n) is 28.1. The summed E-state index contributed by atoms with van der Waals surface area (Å²) in [6.45, 7) is 18.6. The van der Waals surface area contributed by atoms with Crippen LogP contribution < -0.4 is 0 Å².